The van der Waals surface area contributed by atoms with Gasteiger partial charge in [0.1, 0.15) is 5.56 Å². The highest BCUT2D eigenvalue weighted by Gasteiger charge is 2.34. The van der Waals surface area contributed by atoms with Crippen molar-refractivity contribution >= 4 is 17.3 Å². The van der Waals surface area contributed by atoms with Crippen LogP contribution in [0, 0.1) is 17.0 Å². The van der Waals surface area contributed by atoms with E-state index in [-0.39, 0.29) is 11.3 Å². The molecule has 0 spiro atoms. The Balaban J connectivity index is 2.04. The Morgan fingerprint density at radius 1 is 1.23 bits per heavy atom. The van der Waals surface area contributed by atoms with E-state index in [1.54, 1.807) is 6.07 Å². The first kappa shape index (κ1) is 17.9. The lowest BCUT2D eigenvalue weighted by Gasteiger charge is -2.30. The summed E-state index contributed by atoms with van der Waals surface area (Å²) in [5.41, 5.74) is 0.0108. The Bertz CT molecular complexity index is 894. The van der Waals surface area contributed by atoms with Crippen LogP contribution in [0.25, 0.3) is 0 Å². The number of benzene rings is 2. The van der Waals surface area contributed by atoms with E-state index in [2.05, 4.69) is 0 Å². The quantitative estimate of drug-likeness (QED) is 0.582. The Labute approximate surface area is 147 Å². The predicted octanol–water partition coefficient (Wildman–Crippen LogP) is 4.52. The lowest BCUT2D eigenvalue weighted by atomic mass is 9.97. The van der Waals surface area contributed by atoms with Crippen LogP contribution in [0.15, 0.2) is 36.4 Å². The number of fused-ring (bicyclic) bond motifs is 1. The number of amides is 1. The highest BCUT2D eigenvalue weighted by atomic mass is 19.4. The van der Waals surface area contributed by atoms with E-state index in [1.165, 1.54) is 30.0 Å². The molecule has 0 N–H and O–H groups in total. The predicted molar refractivity (Wildman–Crippen MR) is 89.3 cm³/mol. The normalized spacial score (nSPS) is 14.1. The van der Waals surface area contributed by atoms with E-state index >= 15 is 0 Å². The summed E-state index contributed by atoms with van der Waals surface area (Å²) >= 11 is 0. The maximum atomic E-state index is 12.9. The molecule has 8 heteroatoms. The summed E-state index contributed by atoms with van der Waals surface area (Å²) in [6.45, 7) is 1.83. The number of hydrogen-bond donors (Lipinski definition) is 0. The first-order chi connectivity index (χ1) is 12.2. The minimum atomic E-state index is -4.46. The van der Waals surface area contributed by atoms with Crippen LogP contribution in [0.2, 0.25) is 0 Å². The minimum absolute atomic E-state index is 0.0669. The van der Waals surface area contributed by atoms with Crippen molar-refractivity contribution in [2.45, 2.75) is 25.9 Å². The van der Waals surface area contributed by atoms with Crippen LogP contribution >= 0.6 is 0 Å². The van der Waals surface area contributed by atoms with Crippen LogP contribution in [0.5, 0.6) is 0 Å². The number of nitro groups is 1. The van der Waals surface area contributed by atoms with Gasteiger partial charge < -0.3 is 4.90 Å². The number of hydrogen-bond acceptors (Lipinski definition) is 3. The van der Waals surface area contributed by atoms with Gasteiger partial charge in [-0.3, -0.25) is 14.9 Å². The molecule has 0 unspecified atom stereocenters. The smallest absolute Gasteiger partial charge is 0.308 e. The molecule has 0 fully saturated rings. The molecule has 0 aliphatic carbocycles. The summed E-state index contributed by atoms with van der Waals surface area (Å²) in [6.07, 6.45) is -3.56. The third-order valence-corrected chi connectivity index (χ3v) is 4.42. The van der Waals surface area contributed by atoms with Crippen molar-refractivity contribution in [3.63, 3.8) is 0 Å². The van der Waals surface area contributed by atoms with Crippen molar-refractivity contribution in [2.75, 3.05) is 11.4 Å². The van der Waals surface area contributed by atoms with Crippen LogP contribution in [-0.4, -0.2) is 17.4 Å². The number of anilines is 1. The van der Waals surface area contributed by atoms with E-state index in [0.717, 1.165) is 12.1 Å². The third kappa shape index (κ3) is 3.14. The maximum absolute atomic E-state index is 12.9. The molecule has 0 saturated heterocycles. The van der Waals surface area contributed by atoms with Crippen molar-refractivity contribution in [2.24, 2.45) is 0 Å². The molecule has 136 valence electrons. The molecule has 0 aromatic heterocycles. The molecule has 1 aliphatic heterocycles. The molecular formula is C18H15F3N2O3. The third-order valence-electron chi connectivity index (χ3n) is 4.42. The monoisotopic (exact) mass is 364 g/mol. The van der Waals surface area contributed by atoms with Gasteiger partial charge in [0.15, 0.2) is 0 Å². The van der Waals surface area contributed by atoms with Crippen molar-refractivity contribution in [1.82, 2.24) is 0 Å². The standard InChI is InChI=1S/C18H15F3N2O3/c1-11-4-2-6-14(16(11)23(25)26)17(24)22-9-3-5-12-10-13(18(19,20)21)7-8-15(12)22/h2,4,6-8,10H,3,5,9H2,1H3. The molecule has 1 amide bonds. The molecule has 2 aromatic carbocycles. The second-order valence-corrected chi connectivity index (χ2v) is 6.13. The number of nitro benzene ring substituents is 1. The number of rotatable bonds is 2. The van der Waals surface area contributed by atoms with Crippen LogP contribution in [-0.2, 0) is 12.6 Å². The average Bonchev–Trinajstić information content (AvgIpc) is 2.58. The summed E-state index contributed by atoms with van der Waals surface area (Å²) in [4.78, 5) is 25.0. The van der Waals surface area contributed by atoms with Gasteiger partial charge in [-0.2, -0.15) is 13.2 Å². The molecule has 0 atom stereocenters. The van der Waals surface area contributed by atoms with E-state index in [9.17, 15) is 28.1 Å². The van der Waals surface area contributed by atoms with Gasteiger partial charge in [0.25, 0.3) is 11.6 Å². The molecule has 5 nitrogen and oxygen atoms in total. The number of carbonyl (C=O) groups is 1. The Kier molecular flexibility index (Phi) is 4.43. The zero-order valence-corrected chi connectivity index (χ0v) is 13.8. The first-order valence-electron chi connectivity index (χ1n) is 7.96. The van der Waals surface area contributed by atoms with Gasteiger partial charge in [-0.05, 0) is 49.6 Å². The van der Waals surface area contributed by atoms with Crippen LogP contribution in [0.4, 0.5) is 24.5 Å². The molecule has 0 radical (unpaired) electrons. The second-order valence-electron chi connectivity index (χ2n) is 6.13. The van der Waals surface area contributed by atoms with Crippen LogP contribution in [0.3, 0.4) is 0 Å². The van der Waals surface area contributed by atoms with Crippen molar-refractivity contribution < 1.29 is 22.9 Å². The number of alkyl halides is 3. The molecule has 0 bridgehead atoms. The summed E-state index contributed by atoms with van der Waals surface area (Å²) in [5.74, 6) is -0.582. The molecule has 0 saturated carbocycles. The summed E-state index contributed by atoms with van der Waals surface area (Å²) in [7, 11) is 0. The SMILES string of the molecule is Cc1cccc(C(=O)N2CCCc3cc(C(F)(F)F)ccc32)c1[N+](=O)[O-]. The van der Waals surface area contributed by atoms with Crippen molar-refractivity contribution in [3.05, 3.63) is 68.8 Å². The fraction of sp³-hybridized carbons (Fsp3) is 0.278. The Morgan fingerprint density at radius 3 is 2.62 bits per heavy atom. The molecule has 1 heterocycles. The average molecular weight is 364 g/mol. The van der Waals surface area contributed by atoms with Crippen molar-refractivity contribution in [3.8, 4) is 0 Å². The fourth-order valence-electron chi connectivity index (χ4n) is 3.20. The number of nitrogens with zero attached hydrogens (tertiary/aromatic N) is 2. The number of halogens is 3. The van der Waals surface area contributed by atoms with E-state index < -0.39 is 22.6 Å². The highest BCUT2D eigenvalue weighted by Crippen LogP contribution is 2.36. The van der Waals surface area contributed by atoms with Gasteiger partial charge in [-0.25, -0.2) is 0 Å². The van der Waals surface area contributed by atoms with Gasteiger partial charge in [-0.15, -0.1) is 0 Å². The molecule has 3 rings (SSSR count). The van der Waals surface area contributed by atoms with Gasteiger partial charge in [0.05, 0.1) is 10.5 Å². The van der Waals surface area contributed by atoms with E-state index in [0.29, 0.717) is 36.2 Å². The Hall–Kier alpha value is -2.90. The van der Waals surface area contributed by atoms with E-state index in [4.69, 9.17) is 0 Å². The Morgan fingerprint density at radius 2 is 1.96 bits per heavy atom. The van der Waals surface area contributed by atoms with Gasteiger partial charge in [0, 0.05) is 17.8 Å². The zero-order chi connectivity index (χ0) is 19.1. The first-order valence-corrected chi connectivity index (χ1v) is 7.96. The summed E-state index contributed by atoms with van der Waals surface area (Å²) in [6, 6.07) is 7.68. The van der Waals surface area contributed by atoms with Crippen LogP contribution in [0.1, 0.15) is 33.5 Å². The fourth-order valence-corrected chi connectivity index (χ4v) is 3.20. The summed E-state index contributed by atoms with van der Waals surface area (Å²) in [5, 5.41) is 11.3. The number of para-hydroxylation sites is 1. The molecule has 1 aliphatic rings. The molecule has 26 heavy (non-hydrogen) atoms. The number of carbonyl (C=O) groups excluding carboxylic acids is 1. The second kappa shape index (κ2) is 6.44. The lowest BCUT2D eigenvalue weighted by Crippen LogP contribution is -2.36. The topological polar surface area (TPSA) is 63.5 Å². The van der Waals surface area contributed by atoms with Crippen LogP contribution < -0.4 is 4.90 Å². The van der Waals surface area contributed by atoms with Gasteiger partial charge in [0.2, 0.25) is 0 Å². The van der Waals surface area contributed by atoms with Crippen molar-refractivity contribution in [1.29, 1.82) is 0 Å². The zero-order valence-electron chi connectivity index (χ0n) is 13.8. The molecular weight excluding hydrogens is 349 g/mol. The lowest BCUT2D eigenvalue weighted by molar-refractivity contribution is -0.385. The minimum Gasteiger partial charge on any atom is -0.308 e. The highest BCUT2D eigenvalue weighted by molar-refractivity contribution is 6.09. The van der Waals surface area contributed by atoms with E-state index in [1.807, 2.05) is 0 Å². The number of aryl methyl sites for hydroxylation is 2. The maximum Gasteiger partial charge on any atom is 0.416 e. The van der Waals surface area contributed by atoms with Gasteiger partial charge in [-0.1, -0.05) is 12.1 Å². The largest absolute Gasteiger partial charge is 0.416 e. The molecule has 2 aromatic rings. The van der Waals surface area contributed by atoms with Gasteiger partial charge >= 0.3 is 6.18 Å². The summed E-state index contributed by atoms with van der Waals surface area (Å²) < 4.78 is 38.7.